The average molecular weight is 330 g/mol. The number of hydrogen-bond donors (Lipinski definition) is 1. The van der Waals surface area contributed by atoms with E-state index in [1.54, 1.807) is 22.7 Å². The van der Waals surface area contributed by atoms with Crippen molar-refractivity contribution in [1.82, 2.24) is 10.3 Å². The van der Waals surface area contributed by atoms with Gasteiger partial charge in [0.2, 0.25) is 0 Å². The quantitative estimate of drug-likeness (QED) is 0.707. The Hall–Kier alpha value is -1.72. The van der Waals surface area contributed by atoms with Crippen molar-refractivity contribution in [2.24, 2.45) is 0 Å². The van der Waals surface area contributed by atoms with Gasteiger partial charge in [-0.25, -0.2) is 4.98 Å². The number of amides is 1. The van der Waals surface area contributed by atoms with Gasteiger partial charge in [0.25, 0.3) is 5.91 Å². The molecule has 0 radical (unpaired) electrons. The largest absolute Gasteiger partial charge is 0.352 e. The van der Waals surface area contributed by atoms with Crippen LogP contribution < -0.4 is 5.32 Å². The molecule has 0 unspecified atom stereocenters. The molecule has 22 heavy (non-hydrogen) atoms. The molecule has 2 heterocycles. The minimum absolute atomic E-state index is 0.0335. The molecule has 0 saturated carbocycles. The van der Waals surface area contributed by atoms with Crippen molar-refractivity contribution in [3.63, 3.8) is 0 Å². The van der Waals surface area contributed by atoms with Gasteiger partial charge in [0.05, 0.1) is 20.8 Å². The molecule has 0 atom stereocenters. The summed E-state index contributed by atoms with van der Waals surface area (Å²) in [6.45, 7) is 4.71. The molecule has 0 spiro atoms. The SMILES string of the molecule is Cc1cc(C(=O)NCCCc2nc3ccccc3s2)c(C)s1. The number of aromatic nitrogens is 1. The fraction of sp³-hybridized carbons (Fsp3) is 0.294. The maximum Gasteiger partial charge on any atom is 0.252 e. The van der Waals surface area contributed by atoms with E-state index in [9.17, 15) is 4.79 Å². The van der Waals surface area contributed by atoms with Gasteiger partial charge >= 0.3 is 0 Å². The van der Waals surface area contributed by atoms with Crippen LogP contribution in [0.1, 0.15) is 31.5 Å². The van der Waals surface area contributed by atoms with E-state index in [2.05, 4.69) is 16.4 Å². The van der Waals surface area contributed by atoms with Crippen molar-refractivity contribution < 1.29 is 4.79 Å². The highest BCUT2D eigenvalue weighted by atomic mass is 32.1. The molecule has 5 heteroatoms. The maximum absolute atomic E-state index is 12.1. The second kappa shape index (κ2) is 6.58. The molecule has 1 amide bonds. The number of thiophene rings is 1. The fourth-order valence-electron chi connectivity index (χ4n) is 2.42. The minimum Gasteiger partial charge on any atom is -0.352 e. The molecule has 0 fully saturated rings. The van der Waals surface area contributed by atoms with E-state index in [1.807, 2.05) is 38.1 Å². The number of hydrogen-bond acceptors (Lipinski definition) is 4. The van der Waals surface area contributed by atoms with Crippen LogP contribution in [-0.4, -0.2) is 17.4 Å². The lowest BCUT2D eigenvalue weighted by atomic mass is 10.2. The first-order valence-corrected chi connectivity index (χ1v) is 8.96. The molecule has 0 aliphatic heterocycles. The lowest BCUT2D eigenvalue weighted by Gasteiger charge is -2.03. The highest BCUT2D eigenvalue weighted by Crippen LogP contribution is 2.22. The van der Waals surface area contributed by atoms with Gasteiger partial charge in [-0.05, 0) is 38.5 Å². The van der Waals surface area contributed by atoms with E-state index in [-0.39, 0.29) is 5.91 Å². The Kier molecular flexibility index (Phi) is 4.55. The lowest BCUT2D eigenvalue weighted by Crippen LogP contribution is -2.24. The summed E-state index contributed by atoms with van der Waals surface area (Å²) in [6.07, 6.45) is 1.81. The summed E-state index contributed by atoms with van der Waals surface area (Å²) in [7, 11) is 0. The standard InChI is InChI=1S/C17H18N2OS2/c1-11-10-13(12(2)21-11)17(20)18-9-5-8-16-19-14-6-3-4-7-15(14)22-16/h3-4,6-7,10H,5,8-9H2,1-2H3,(H,18,20). The van der Waals surface area contributed by atoms with Crippen molar-refractivity contribution in [3.8, 4) is 0 Å². The zero-order valence-corrected chi connectivity index (χ0v) is 14.3. The molecule has 3 rings (SSSR count). The van der Waals surface area contributed by atoms with E-state index >= 15 is 0 Å². The lowest BCUT2D eigenvalue weighted by molar-refractivity contribution is 0.0953. The molecule has 114 valence electrons. The Morgan fingerprint density at radius 1 is 1.23 bits per heavy atom. The fourth-order valence-corrected chi connectivity index (χ4v) is 4.35. The third-order valence-electron chi connectivity index (χ3n) is 3.48. The summed E-state index contributed by atoms with van der Waals surface area (Å²) >= 11 is 3.40. The maximum atomic E-state index is 12.1. The summed E-state index contributed by atoms with van der Waals surface area (Å²) in [5.74, 6) is 0.0335. The van der Waals surface area contributed by atoms with Gasteiger partial charge in [0, 0.05) is 22.7 Å². The third kappa shape index (κ3) is 3.36. The molecule has 3 nitrogen and oxygen atoms in total. The number of nitrogens with one attached hydrogen (secondary N) is 1. The minimum atomic E-state index is 0.0335. The zero-order chi connectivity index (χ0) is 15.5. The summed E-state index contributed by atoms with van der Waals surface area (Å²) < 4.78 is 1.23. The number of thiazole rings is 1. The van der Waals surface area contributed by atoms with Crippen LogP contribution in [0, 0.1) is 13.8 Å². The van der Waals surface area contributed by atoms with Crippen LogP contribution in [0.25, 0.3) is 10.2 Å². The molecule has 2 aromatic heterocycles. The number of fused-ring (bicyclic) bond motifs is 1. The summed E-state index contributed by atoms with van der Waals surface area (Å²) in [5.41, 5.74) is 1.87. The van der Waals surface area contributed by atoms with Gasteiger partial charge in [-0.2, -0.15) is 0 Å². The van der Waals surface area contributed by atoms with Crippen molar-refractivity contribution in [2.75, 3.05) is 6.54 Å². The van der Waals surface area contributed by atoms with E-state index in [4.69, 9.17) is 0 Å². The van der Waals surface area contributed by atoms with Gasteiger partial charge in [-0.1, -0.05) is 12.1 Å². The van der Waals surface area contributed by atoms with Gasteiger partial charge in [0.15, 0.2) is 0 Å². The number of para-hydroxylation sites is 1. The highest BCUT2D eigenvalue weighted by Gasteiger charge is 2.11. The van der Waals surface area contributed by atoms with E-state index in [1.165, 1.54) is 9.58 Å². The number of aryl methyl sites for hydroxylation is 3. The predicted octanol–water partition coefficient (Wildman–Crippen LogP) is 4.34. The first-order chi connectivity index (χ1) is 10.6. The van der Waals surface area contributed by atoms with Crippen LogP contribution >= 0.6 is 22.7 Å². The van der Waals surface area contributed by atoms with Crippen molar-refractivity contribution in [2.45, 2.75) is 26.7 Å². The smallest absolute Gasteiger partial charge is 0.252 e. The first-order valence-electron chi connectivity index (χ1n) is 7.33. The Bertz CT molecular complexity index is 771. The second-order valence-electron chi connectivity index (χ2n) is 5.26. The summed E-state index contributed by atoms with van der Waals surface area (Å²) in [6, 6.07) is 10.1. The van der Waals surface area contributed by atoms with Gasteiger partial charge in [0.1, 0.15) is 0 Å². The van der Waals surface area contributed by atoms with E-state index in [0.29, 0.717) is 6.54 Å². The Balaban J connectivity index is 1.51. The average Bonchev–Trinajstić information content (AvgIpc) is 3.05. The first kappa shape index (κ1) is 15.2. The van der Waals surface area contributed by atoms with E-state index < -0.39 is 0 Å². The number of carbonyl (C=O) groups is 1. The van der Waals surface area contributed by atoms with Crippen LogP contribution in [0.5, 0.6) is 0 Å². The van der Waals surface area contributed by atoms with Crippen LogP contribution in [0.2, 0.25) is 0 Å². The van der Waals surface area contributed by atoms with E-state index in [0.717, 1.165) is 33.8 Å². The van der Waals surface area contributed by atoms with Gasteiger partial charge in [-0.3, -0.25) is 4.79 Å². The molecule has 0 aliphatic rings. The van der Waals surface area contributed by atoms with Gasteiger partial charge in [-0.15, -0.1) is 22.7 Å². The molecule has 3 aromatic rings. The molecule has 0 bridgehead atoms. The summed E-state index contributed by atoms with van der Waals surface area (Å²) in [4.78, 5) is 19.0. The predicted molar refractivity (Wildman–Crippen MR) is 94.1 cm³/mol. The Morgan fingerprint density at radius 3 is 2.77 bits per heavy atom. The molecule has 1 aromatic carbocycles. The molecular formula is C17H18N2OS2. The van der Waals surface area contributed by atoms with Crippen molar-refractivity contribution in [1.29, 1.82) is 0 Å². The second-order valence-corrected chi connectivity index (χ2v) is 7.84. The van der Waals surface area contributed by atoms with Crippen LogP contribution in [0.3, 0.4) is 0 Å². The number of benzene rings is 1. The number of nitrogens with zero attached hydrogens (tertiary/aromatic N) is 1. The Morgan fingerprint density at radius 2 is 2.05 bits per heavy atom. The topological polar surface area (TPSA) is 42.0 Å². The summed E-state index contributed by atoms with van der Waals surface area (Å²) in [5, 5.41) is 4.14. The van der Waals surface area contributed by atoms with Crippen LogP contribution in [0.15, 0.2) is 30.3 Å². The molecule has 0 aliphatic carbocycles. The highest BCUT2D eigenvalue weighted by molar-refractivity contribution is 7.18. The van der Waals surface area contributed by atoms with Crippen LogP contribution in [-0.2, 0) is 6.42 Å². The normalized spacial score (nSPS) is 11.0. The van der Waals surface area contributed by atoms with Crippen LogP contribution in [0.4, 0.5) is 0 Å². The monoisotopic (exact) mass is 330 g/mol. The van der Waals surface area contributed by atoms with Crippen molar-refractivity contribution >= 4 is 38.8 Å². The molecular weight excluding hydrogens is 312 g/mol. The number of rotatable bonds is 5. The van der Waals surface area contributed by atoms with Crippen molar-refractivity contribution in [3.05, 3.63) is 50.7 Å². The zero-order valence-electron chi connectivity index (χ0n) is 12.7. The van der Waals surface area contributed by atoms with Gasteiger partial charge < -0.3 is 5.32 Å². The molecule has 1 N–H and O–H groups in total. The number of carbonyl (C=O) groups excluding carboxylic acids is 1. The third-order valence-corrected chi connectivity index (χ3v) is 5.54. The molecule has 0 saturated heterocycles. The Labute approximate surface area is 138 Å².